The van der Waals surface area contributed by atoms with Gasteiger partial charge in [-0.05, 0) is 26.0 Å². The number of hydrogen-bond donors (Lipinski definition) is 3. The fourth-order valence-electron chi connectivity index (χ4n) is 2.02. The molecule has 1 saturated heterocycles. The largest absolute Gasteiger partial charge is 0.508 e. The Balaban J connectivity index is 1.98. The van der Waals surface area contributed by atoms with Gasteiger partial charge >= 0.3 is 0 Å². The summed E-state index contributed by atoms with van der Waals surface area (Å²) in [6.45, 7) is 3.75. The molecule has 1 aliphatic rings. The summed E-state index contributed by atoms with van der Waals surface area (Å²) < 4.78 is -0.0752. The van der Waals surface area contributed by atoms with Crippen molar-refractivity contribution in [3.63, 3.8) is 0 Å². The molecule has 5 nitrogen and oxygen atoms in total. The number of nitrogens with zero attached hydrogens (tertiary/aromatic N) is 1. The number of carbonyl (C=O) groups is 1. The third-order valence-electron chi connectivity index (χ3n) is 3.10. The molecule has 3 N–H and O–H groups in total. The summed E-state index contributed by atoms with van der Waals surface area (Å²) >= 11 is 3.59. The summed E-state index contributed by atoms with van der Waals surface area (Å²) in [6.07, 6.45) is 0.403. The van der Waals surface area contributed by atoms with E-state index in [9.17, 15) is 15.0 Å². The van der Waals surface area contributed by atoms with Crippen molar-refractivity contribution in [1.82, 2.24) is 5.43 Å². The molecule has 0 atom stereocenters. The number of benzene rings is 1. The van der Waals surface area contributed by atoms with Crippen LogP contribution >= 0.6 is 23.5 Å². The fraction of sp³-hybridized carbons (Fsp3) is 0.429. The molecule has 0 unspecified atom stereocenters. The van der Waals surface area contributed by atoms with E-state index in [4.69, 9.17) is 0 Å². The van der Waals surface area contributed by atoms with Crippen LogP contribution in [0.25, 0.3) is 0 Å². The second-order valence-corrected chi connectivity index (χ2v) is 8.40. The van der Waals surface area contributed by atoms with Crippen LogP contribution in [0.5, 0.6) is 11.5 Å². The number of hydrogen-bond acceptors (Lipinski definition) is 6. The third-order valence-corrected chi connectivity index (χ3v) is 6.39. The van der Waals surface area contributed by atoms with Gasteiger partial charge in [0, 0.05) is 23.1 Å². The first-order chi connectivity index (χ1) is 9.89. The van der Waals surface area contributed by atoms with E-state index in [1.807, 2.05) is 0 Å². The van der Waals surface area contributed by atoms with Crippen molar-refractivity contribution in [3.05, 3.63) is 23.8 Å². The van der Waals surface area contributed by atoms with E-state index in [0.29, 0.717) is 17.7 Å². The zero-order valence-corrected chi connectivity index (χ0v) is 13.6. The van der Waals surface area contributed by atoms with E-state index >= 15 is 0 Å². The van der Waals surface area contributed by atoms with Crippen LogP contribution in [0.2, 0.25) is 0 Å². The van der Waals surface area contributed by atoms with E-state index in [-0.39, 0.29) is 21.5 Å². The smallest absolute Gasteiger partial charge is 0.242 e. The Morgan fingerprint density at radius 3 is 2.67 bits per heavy atom. The summed E-state index contributed by atoms with van der Waals surface area (Å²) in [7, 11) is 0. The van der Waals surface area contributed by atoms with Gasteiger partial charge < -0.3 is 10.2 Å². The number of phenols is 2. The summed E-state index contributed by atoms with van der Waals surface area (Å²) in [5.74, 6) is 1.91. The molecule has 7 heteroatoms. The number of carbonyl (C=O) groups excluding carboxylic acids is 1. The van der Waals surface area contributed by atoms with Crippen LogP contribution in [0.3, 0.4) is 0 Å². The van der Waals surface area contributed by atoms with Crippen LogP contribution in [0.4, 0.5) is 0 Å². The molecule has 1 fully saturated rings. The standard InChI is InChI=1S/C14H18N2O3S2/c1-9(11-4-3-10(17)7-12(11)18)15-16-13(19)8-14(2)20-5-6-21-14/h3-4,7,17-18H,5-6,8H2,1-2H3,(H,16,19)/b15-9-. The van der Waals surface area contributed by atoms with E-state index in [0.717, 1.165) is 11.5 Å². The molecule has 114 valence electrons. The van der Waals surface area contributed by atoms with Crippen LogP contribution in [0.1, 0.15) is 25.8 Å². The van der Waals surface area contributed by atoms with Gasteiger partial charge in [-0.3, -0.25) is 4.79 Å². The number of aromatic hydroxyl groups is 2. The monoisotopic (exact) mass is 326 g/mol. The Kier molecular flexibility index (Phi) is 5.05. The van der Waals surface area contributed by atoms with Crippen molar-refractivity contribution in [1.29, 1.82) is 0 Å². The summed E-state index contributed by atoms with van der Waals surface area (Å²) in [6, 6.07) is 4.26. The number of nitrogens with one attached hydrogen (secondary N) is 1. The van der Waals surface area contributed by atoms with Gasteiger partial charge in [-0.15, -0.1) is 23.5 Å². The van der Waals surface area contributed by atoms with E-state index in [2.05, 4.69) is 17.5 Å². The number of amides is 1. The molecule has 0 aliphatic carbocycles. The van der Waals surface area contributed by atoms with E-state index in [1.165, 1.54) is 12.1 Å². The molecular formula is C14H18N2O3S2. The minimum Gasteiger partial charge on any atom is -0.508 e. The highest BCUT2D eigenvalue weighted by Crippen LogP contribution is 2.45. The van der Waals surface area contributed by atoms with E-state index in [1.54, 1.807) is 36.5 Å². The summed E-state index contributed by atoms with van der Waals surface area (Å²) in [5.41, 5.74) is 3.48. The maximum absolute atomic E-state index is 11.9. The lowest BCUT2D eigenvalue weighted by Gasteiger charge is -2.19. The quantitative estimate of drug-likeness (QED) is 0.585. The Labute approximate surface area is 132 Å². The van der Waals surface area contributed by atoms with Gasteiger partial charge in [-0.25, -0.2) is 5.43 Å². The van der Waals surface area contributed by atoms with Crippen LogP contribution in [0, 0.1) is 0 Å². The minimum atomic E-state index is -0.142. The van der Waals surface area contributed by atoms with Crippen LogP contribution in [-0.2, 0) is 4.79 Å². The second-order valence-electron chi connectivity index (χ2n) is 4.94. The molecule has 0 bridgehead atoms. The average Bonchev–Trinajstić information content (AvgIpc) is 2.82. The van der Waals surface area contributed by atoms with Gasteiger partial charge in [0.05, 0.1) is 16.2 Å². The number of rotatable bonds is 4. The van der Waals surface area contributed by atoms with Crippen molar-refractivity contribution in [2.45, 2.75) is 24.3 Å². The molecule has 21 heavy (non-hydrogen) atoms. The highest BCUT2D eigenvalue weighted by molar-refractivity contribution is 8.21. The molecular weight excluding hydrogens is 308 g/mol. The van der Waals surface area contributed by atoms with Gasteiger partial charge in [-0.1, -0.05) is 0 Å². The lowest BCUT2D eigenvalue weighted by Crippen LogP contribution is -2.26. The van der Waals surface area contributed by atoms with Crippen molar-refractivity contribution in [2.75, 3.05) is 11.5 Å². The predicted octanol–water partition coefficient (Wildman–Crippen LogP) is 2.52. The van der Waals surface area contributed by atoms with Gasteiger partial charge in [0.15, 0.2) is 0 Å². The molecule has 1 amide bonds. The van der Waals surface area contributed by atoms with Crippen LogP contribution in [0.15, 0.2) is 23.3 Å². The minimum absolute atomic E-state index is 0.0173. The number of phenolic OH excluding ortho intramolecular Hbond substituents is 2. The molecule has 1 aromatic rings. The van der Waals surface area contributed by atoms with Gasteiger partial charge in [0.1, 0.15) is 11.5 Å². The topological polar surface area (TPSA) is 81.9 Å². The van der Waals surface area contributed by atoms with Crippen molar-refractivity contribution in [3.8, 4) is 11.5 Å². The third kappa shape index (κ3) is 4.31. The van der Waals surface area contributed by atoms with E-state index < -0.39 is 0 Å². The lowest BCUT2D eigenvalue weighted by atomic mass is 10.1. The summed E-state index contributed by atoms with van der Waals surface area (Å²) in [4.78, 5) is 11.9. The van der Waals surface area contributed by atoms with Crippen molar-refractivity contribution < 1.29 is 15.0 Å². The average molecular weight is 326 g/mol. The molecule has 1 aromatic carbocycles. The number of hydrazone groups is 1. The normalized spacial score (nSPS) is 17.7. The summed E-state index contributed by atoms with van der Waals surface area (Å²) in [5, 5.41) is 23.0. The molecule has 1 aliphatic heterocycles. The van der Waals surface area contributed by atoms with Crippen LogP contribution in [-0.4, -0.2) is 37.4 Å². The molecule has 2 rings (SSSR count). The first kappa shape index (κ1) is 16.0. The number of thioether (sulfide) groups is 2. The Morgan fingerprint density at radius 1 is 1.38 bits per heavy atom. The van der Waals surface area contributed by atoms with Gasteiger partial charge in [0.25, 0.3) is 0 Å². The van der Waals surface area contributed by atoms with Crippen molar-refractivity contribution in [2.24, 2.45) is 5.10 Å². The highest BCUT2D eigenvalue weighted by atomic mass is 32.2. The van der Waals surface area contributed by atoms with Crippen LogP contribution < -0.4 is 5.43 Å². The molecule has 1 heterocycles. The van der Waals surface area contributed by atoms with Crippen molar-refractivity contribution >= 4 is 35.1 Å². The SMILES string of the molecule is C/C(=N/NC(=O)CC1(C)SCCS1)c1ccc(O)cc1O. The zero-order chi connectivity index (χ0) is 15.5. The lowest BCUT2D eigenvalue weighted by molar-refractivity contribution is -0.121. The Bertz CT molecular complexity index is 569. The molecule has 0 aromatic heterocycles. The molecule has 0 radical (unpaired) electrons. The fourth-order valence-corrected chi connectivity index (χ4v) is 4.85. The Hall–Kier alpha value is -1.34. The zero-order valence-electron chi connectivity index (χ0n) is 11.9. The van der Waals surface area contributed by atoms with Gasteiger partial charge in [-0.2, -0.15) is 5.10 Å². The predicted molar refractivity (Wildman–Crippen MR) is 88.1 cm³/mol. The first-order valence-corrected chi connectivity index (χ1v) is 8.50. The second kappa shape index (κ2) is 6.62. The first-order valence-electron chi connectivity index (χ1n) is 6.53. The maximum Gasteiger partial charge on any atom is 0.242 e. The maximum atomic E-state index is 11.9. The molecule has 0 spiro atoms. The highest BCUT2D eigenvalue weighted by Gasteiger charge is 2.32. The molecule has 0 saturated carbocycles. The Morgan fingerprint density at radius 2 is 2.05 bits per heavy atom. The van der Waals surface area contributed by atoms with Gasteiger partial charge in [0.2, 0.25) is 5.91 Å².